The molecule has 3 heterocycles. The van der Waals surface area contributed by atoms with Gasteiger partial charge in [0.05, 0.1) is 11.9 Å². The molecule has 0 amide bonds. The number of aryl methyl sites for hydroxylation is 1. The Bertz CT molecular complexity index is 577. The molecular formula is C15H21N5. The number of likely N-dealkylation sites (tertiary alicyclic amines) is 1. The minimum Gasteiger partial charge on any atom is -0.333 e. The fourth-order valence-electron chi connectivity index (χ4n) is 2.96. The fourth-order valence-corrected chi connectivity index (χ4v) is 2.96. The van der Waals surface area contributed by atoms with E-state index in [1.54, 1.807) is 12.4 Å². The molecule has 2 aromatic rings. The molecular weight excluding hydrogens is 250 g/mol. The molecule has 0 aromatic carbocycles. The summed E-state index contributed by atoms with van der Waals surface area (Å²) in [5.41, 5.74) is 1.94. The quantitative estimate of drug-likeness (QED) is 0.853. The molecule has 0 bridgehead atoms. The predicted molar refractivity (Wildman–Crippen MR) is 78.2 cm³/mol. The van der Waals surface area contributed by atoms with Crippen LogP contribution in [0.25, 0.3) is 11.5 Å². The Labute approximate surface area is 119 Å². The summed E-state index contributed by atoms with van der Waals surface area (Å²) in [6.45, 7) is 2.38. The summed E-state index contributed by atoms with van der Waals surface area (Å²) in [4.78, 5) is 15.8. The average molecular weight is 271 g/mol. The van der Waals surface area contributed by atoms with Gasteiger partial charge >= 0.3 is 0 Å². The van der Waals surface area contributed by atoms with Crippen LogP contribution in [0.5, 0.6) is 0 Å². The second-order valence-corrected chi connectivity index (χ2v) is 5.73. The van der Waals surface area contributed by atoms with Gasteiger partial charge in [-0.05, 0) is 38.8 Å². The molecule has 0 spiro atoms. The van der Waals surface area contributed by atoms with Gasteiger partial charge < -0.3 is 9.47 Å². The highest BCUT2D eigenvalue weighted by atomic mass is 15.1. The first-order chi connectivity index (χ1) is 9.72. The Balaban J connectivity index is 1.76. The Morgan fingerprint density at radius 2 is 2.20 bits per heavy atom. The second-order valence-electron chi connectivity index (χ2n) is 5.73. The highest BCUT2D eigenvalue weighted by Gasteiger charge is 2.18. The van der Waals surface area contributed by atoms with Crippen molar-refractivity contribution in [2.75, 3.05) is 20.1 Å². The van der Waals surface area contributed by atoms with E-state index in [2.05, 4.69) is 21.9 Å². The molecule has 1 unspecified atom stereocenters. The summed E-state index contributed by atoms with van der Waals surface area (Å²) in [5.74, 6) is 1.57. The van der Waals surface area contributed by atoms with E-state index in [1.165, 1.54) is 19.4 Å². The van der Waals surface area contributed by atoms with Crippen molar-refractivity contribution in [3.8, 4) is 11.5 Å². The van der Waals surface area contributed by atoms with Gasteiger partial charge in [-0.2, -0.15) is 0 Å². The van der Waals surface area contributed by atoms with E-state index in [1.807, 2.05) is 24.0 Å². The first kappa shape index (κ1) is 13.2. The zero-order valence-electron chi connectivity index (χ0n) is 12.2. The molecule has 1 aliphatic heterocycles. The molecule has 0 N–H and O–H groups in total. The molecule has 106 valence electrons. The van der Waals surface area contributed by atoms with E-state index < -0.39 is 0 Å². The number of rotatable bonds is 3. The van der Waals surface area contributed by atoms with Crippen LogP contribution in [-0.2, 0) is 13.5 Å². The maximum Gasteiger partial charge on any atom is 0.159 e. The molecule has 1 atom stereocenters. The molecule has 2 aromatic heterocycles. The smallest absolute Gasteiger partial charge is 0.159 e. The molecule has 0 radical (unpaired) electrons. The van der Waals surface area contributed by atoms with Crippen LogP contribution in [0.15, 0.2) is 24.8 Å². The van der Waals surface area contributed by atoms with Gasteiger partial charge in [0.1, 0.15) is 5.69 Å². The van der Waals surface area contributed by atoms with Crippen molar-refractivity contribution >= 4 is 0 Å². The molecule has 1 aliphatic rings. The third kappa shape index (κ3) is 2.88. The van der Waals surface area contributed by atoms with Gasteiger partial charge in [-0.25, -0.2) is 9.97 Å². The summed E-state index contributed by atoms with van der Waals surface area (Å²) < 4.78 is 1.97. The summed E-state index contributed by atoms with van der Waals surface area (Å²) in [5, 5.41) is 0. The molecule has 5 nitrogen and oxygen atoms in total. The van der Waals surface area contributed by atoms with Gasteiger partial charge in [-0.3, -0.25) is 4.98 Å². The van der Waals surface area contributed by atoms with Crippen LogP contribution in [0.1, 0.15) is 18.5 Å². The highest BCUT2D eigenvalue weighted by Crippen LogP contribution is 2.20. The Morgan fingerprint density at radius 1 is 1.30 bits per heavy atom. The summed E-state index contributed by atoms with van der Waals surface area (Å²) in [7, 11) is 4.18. The molecule has 3 rings (SSSR count). The highest BCUT2D eigenvalue weighted by molar-refractivity contribution is 5.47. The maximum absolute atomic E-state index is 4.73. The van der Waals surface area contributed by atoms with E-state index >= 15 is 0 Å². The van der Waals surface area contributed by atoms with Crippen molar-refractivity contribution < 1.29 is 0 Å². The van der Waals surface area contributed by atoms with Gasteiger partial charge in [-0.1, -0.05) is 0 Å². The van der Waals surface area contributed by atoms with Crippen LogP contribution in [0.3, 0.4) is 0 Å². The number of aromatic nitrogens is 4. The molecule has 20 heavy (non-hydrogen) atoms. The minimum atomic E-state index is 0.694. The lowest BCUT2D eigenvalue weighted by Crippen LogP contribution is -2.33. The van der Waals surface area contributed by atoms with Gasteiger partial charge in [0.25, 0.3) is 0 Å². The van der Waals surface area contributed by atoms with Crippen LogP contribution in [0, 0.1) is 5.92 Å². The van der Waals surface area contributed by atoms with Crippen LogP contribution in [0.2, 0.25) is 0 Å². The normalized spacial score (nSPS) is 20.2. The first-order valence-electron chi connectivity index (χ1n) is 7.19. The van der Waals surface area contributed by atoms with Crippen molar-refractivity contribution in [2.24, 2.45) is 13.0 Å². The predicted octanol–water partition coefficient (Wildman–Crippen LogP) is 1.76. The third-order valence-corrected chi connectivity index (χ3v) is 3.95. The van der Waals surface area contributed by atoms with Crippen molar-refractivity contribution in [2.45, 2.75) is 19.3 Å². The third-order valence-electron chi connectivity index (χ3n) is 3.95. The lowest BCUT2D eigenvalue weighted by Gasteiger charge is -2.29. The molecule has 1 saturated heterocycles. The van der Waals surface area contributed by atoms with Gasteiger partial charge in [0.2, 0.25) is 0 Å². The zero-order chi connectivity index (χ0) is 13.9. The van der Waals surface area contributed by atoms with Crippen molar-refractivity contribution in [3.63, 3.8) is 0 Å². The monoisotopic (exact) mass is 271 g/mol. The van der Waals surface area contributed by atoms with Gasteiger partial charge in [0, 0.05) is 32.2 Å². The minimum absolute atomic E-state index is 0.694. The number of hydrogen-bond acceptors (Lipinski definition) is 4. The molecule has 0 aliphatic carbocycles. The van der Waals surface area contributed by atoms with Gasteiger partial charge in [0.15, 0.2) is 5.82 Å². The lowest BCUT2D eigenvalue weighted by molar-refractivity contribution is 0.208. The zero-order valence-corrected chi connectivity index (χ0v) is 12.2. The topological polar surface area (TPSA) is 46.8 Å². The molecule has 5 heteroatoms. The summed E-state index contributed by atoms with van der Waals surface area (Å²) in [6.07, 6.45) is 11.0. The van der Waals surface area contributed by atoms with Gasteiger partial charge in [-0.15, -0.1) is 0 Å². The van der Waals surface area contributed by atoms with E-state index in [9.17, 15) is 0 Å². The van der Waals surface area contributed by atoms with E-state index in [0.29, 0.717) is 5.92 Å². The number of imidazole rings is 1. The standard InChI is InChI=1S/C15H21N5/c1-19-6-3-4-12(11-19)8-13-9-16-10-14(18-13)15-17-5-7-20(15)2/h5,7,9-10,12H,3-4,6,8,11H2,1-2H3. The maximum atomic E-state index is 4.73. The van der Waals surface area contributed by atoms with Crippen molar-refractivity contribution in [1.82, 2.24) is 24.4 Å². The van der Waals surface area contributed by atoms with Crippen LogP contribution in [-0.4, -0.2) is 44.6 Å². The van der Waals surface area contributed by atoms with E-state index in [0.717, 1.165) is 30.2 Å². The number of hydrogen-bond donors (Lipinski definition) is 0. The Kier molecular flexibility index (Phi) is 3.78. The van der Waals surface area contributed by atoms with Crippen LogP contribution >= 0.6 is 0 Å². The first-order valence-corrected chi connectivity index (χ1v) is 7.19. The molecule has 0 saturated carbocycles. The number of nitrogens with zero attached hydrogens (tertiary/aromatic N) is 5. The van der Waals surface area contributed by atoms with E-state index in [-0.39, 0.29) is 0 Å². The second kappa shape index (κ2) is 5.71. The van der Waals surface area contributed by atoms with Crippen molar-refractivity contribution in [1.29, 1.82) is 0 Å². The van der Waals surface area contributed by atoms with Crippen LogP contribution in [0.4, 0.5) is 0 Å². The Morgan fingerprint density at radius 3 is 2.95 bits per heavy atom. The summed E-state index contributed by atoms with van der Waals surface area (Å²) in [6, 6.07) is 0. The Hall–Kier alpha value is -1.75. The lowest BCUT2D eigenvalue weighted by atomic mass is 9.94. The SMILES string of the molecule is CN1CCCC(Cc2cncc(-c3nccn3C)n2)C1. The van der Waals surface area contributed by atoms with Crippen LogP contribution < -0.4 is 0 Å². The number of piperidine rings is 1. The molecule has 1 fully saturated rings. The van der Waals surface area contributed by atoms with Crippen molar-refractivity contribution in [3.05, 3.63) is 30.5 Å². The average Bonchev–Trinajstić information content (AvgIpc) is 2.85. The largest absolute Gasteiger partial charge is 0.333 e. The summed E-state index contributed by atoms with van der Waals surface area (Å²) >= 11 is 0. The van der Waals surface area contributed by atoms with E-state index in [4.69, 9.17) is 4.98 Å². The fraction of sp³-hybridized carbons (Fsp3) is 0.533.